The highest BCUT2D eigenvalue weighted by atomic mass is 16.4. The summed E-state index contributed by atoms with van der Waals surface area (Å²) in [5.41, 5.74) is 0. The average Bonchev–Trinajstić information content (AvgIpc) is 2.52. The van der Waals surface area contributed by atoms with Gasteiger partial charge < -0.3 is 5.11 Å². The molecular weight excluding hydrogens is 288 g/mol. The van der Waals surface area contributed by atoms with Gasteiger partial charge in [0.25, 0.3) is 0 Å². The normalized spacial score (nSPS) is 11.9. The second-order valence-corrected chi connectivity index (χ2v) is 5.84. The van der Waals surface area contributed by atoms with Gasteiger partial charge in [-0.1, -0.05) is 89.0 Å². The van der Waals surface area contributed by atoms with Crippen LogP contribution in [0.4, 0.5) is 0 Å². The first kappa shape index (κ1) is 21.4. The quantitative estimate of drug-likeness (QED) is 0.242. The smallest absolute Gasteiger partial charge is 0.328 e. The third-order valence-corrected chi connectivity index (χ3v) is 3.63. The van der Waals surface area contributed by atoms with Crippen molar-refractivity contribution in [2.75, 3.05) is 0 Å². The Balaban J connectivity index is 3.44. The number of carbonyl (C=O) groups is 2. The second kappa shape index (κ2) is 16.7. The van der Waals surface area contributed by atoms with Crippen LogP contribution in [-0.4, -0.2) is 16.9 Å². The van der Waals surface area contributed by atoms with Crippen molar-refractivity contribution in [1.29, 1.82) is 0 Å². The van der Waals surface area contributed by atoms with Gasteiger partial charge in [-0.2, -0.15) is 0 Å². The van der Waals surface area contributed by atoms with E-state index in [4.69, 9.17) is 5.11 Å². The first-order valence-corrected chi connectivity index (χ1v) is 8.94. The first-order chi connectivity index (χ1) is 11.2. The Morgan fingerprint density at radius 2 is 1.17 bits per heavy atom. The van der Waals surface area contributed by atoms with Gasteiger partial charge in [-0.3, -0.25) is 4.79 Å². The molecule has 0 unspecified atom stereocenters. The van der Waals surface area contributed by atoms with Crippen molar-refractivity contribution in [2.24, 2.45) is 0 Å². The van der Waals surface area contributed by atoms with Crippen LogP contribution >= 0.6 is 0 Å². The Morgan fingerprint density at radius 1 is 0.696 bits per heavy atom. The van der Waals surface area contributed by atoms with Crippen LogP contribution in [0, 0.1) is 0 Å². The van der Waals surface area contributed by atoms with E-state index in [1.807, 2.05) is 0 Å². The van der Waals surface area contributed by atoms with Crippen molar-refractivity contribution < 1.29 is 14.7 Å². The molecule has 0 radical (unpaired) electrons. The summed E-state index contributed by atoms with van der Waals surface area (Å²) in [6.45, 7) is 2.24. The van der Waals surface area contributed by atoms with E-state index in [2.05, 4.69) is 6.92 Å². The van der Waals surface area contributed by atoms with E-state index in [1.54, 1.807) is 24.3 Å². The van der Waals surface area contributed by atoms with Gasteiger partial charge >= 0.3 is 5.97 Å². The number of aliphatic carboxylic acids is 1. The minimum Gasteiger partial charge on any atom is -0.478 e. The molecule has 0 aliphatic heterocycles. The third-order valence-electron chi connectivity index (χ3n) is 3.63. The average molecular weight is 320 g/mol. The monoisotopic (exact) mass is 320 g/mol. The van der Waals surface area contributed by atoms with Crippen LogP contribution in [0.5, 0.6) is 0 Å². The summed E-state index contributed by atoms with van der Waals surface area (Å²) in [5.74, 6) is -0.841. The molecule has 0 atom stereocenters. The van der Waals surface area contributed by atoms with Gasteiger partial charge in [0.2, 0.25) is 0 Å². The van der Waals surface area contributed by atoms with E-state index in [0.717, 1.165) is 18.9 Å². The number of allylic oxidation sites excluding steroid dienone is 5. The van der Waals surface area contributed by atoms with Gasteiger partial charge in [0.15, 0.2) is 5.78 Å². The van der Waals surface area contributed by atoms with E-state index < -0.39 is 5.97 Å². The van der Waals surface area contributed by atoms with Crippen molar-refractivity contribution in [3.05, 3.63) is 36.5 Å². The molecule has 1 N–H and O–H groups in total. The van der Waals surface area contributed by atoms with E-state index in [-0.39, 0.29) is 5.78 Å². The number of rotatable bonds is 15. The Bertz CT molecular complexity index is 392. The van der Waals surface area contributed by atoms with Gasteiger partial charge in [-0.05, 0) is 12.5 Å². The lowest BCUT2D eigenvalue weighted by molar-refractivity contribution is -0.131. The highest BCUT2D eigenvalue weighted by molar-refractivity contribution is 5.89. The van der Waals surface area contributed by atoms with Crippen molar-refractivity contribution >= 4 is 11.8 Å². The number of carboxylic acids is 1. The van der Waals surface area contributed by atoms with Crippen LogP contribution in [0.2, 0.25) is 0 Å². The maximum Gasteiger partial charge on any atom is 0.328 e. The van der Waals surface area contributed by atoms with Crippen molar-refractivity contribution in [3.63, 3.8) is 0 Å². The fraction of sp³-hybridized carbons (Fsp3) is 0.600. The van der Waals surface area contributed by atoms with Crippen LogP contribution in [0.1, 0.15) is 77.6 Å². The predicted molar refractivity (Wildman–Crippen MR) is 96.5 cm³/mol. The van der Waals surface area contributed by atoms with Gasteiger partial charge in [0, 0.05) is 12.5 Å². The number of hydrogen-bond acceptors (Lipinski definition) is 2. The maximum absolute atomic E-state index is 11.6. The van der Waals surface area contributed by atoms with Gasteiger partial charge in [0.1, 0.15) is 0 Å². The summed E-state index contributed by atoms with van der Waals surface area (Å²) in [6, 6.07) is 0. The van der Waals surface area contributed by atoms with E-state index in [9.17, 15) is 9.59 Å². The lowest BCUT2D eigenvalue weighted by atomic mass is 10.0. The Labute approximate surface area is 141 Å². The molecule has 130 valence electrons. The Kier molecular flexibility index (Phi) is 15.5. The molecule has 0 amide bonds. The fourth-order valence-corrected chi connectivity index (χ4v) is 2.30. The lowest BCUT2D eigenvalue weighted by Gasteiger charge is -2.01. The summed E-state index contributed by atoms with van der Waals surface area (Å²) in [5, 5.41) is 8.39. The zero-order chi connectivity index (χ0) is 17.2. The fourth-order valence-electron chi connectivity index (χ4n) is 2.30. The van der Waals surface area contributed by atoms with Gasteiger partial charge in [-0.15, -0.1) is 0 Å². The molecule has 0 saturated carbocycles. The lowest BCUT2D eigenvalue weighted by Crippen LogP contribution is -1.92. The molecule has 0 rings (SSSR count). The summed E-state index contributed by atoms with van der Waals surface area (Å²) >= 11 is 0. The Hall–Kier alpha value is -1.64. The van der Waals surface area contributed by atoms with E-state index in [0.29, 0.717) is 6.42 Å². The van der Waals surface area contributed by atoms with Crippen molar-refractivity contribution in [1.82, 2.24) is 0 Å². The molecule has 0 saturated heterocycles. The minimum atomic E-state index is -0.976. The van der Waals surface area contributed by atoms with Crippen LogP contribution in [0.15, 0.2) is 36.5 Å². The van der Waals surface area contributed by atoms with Crippen molar-refractivity contribution in [3.8, 4) is 0 Å². The van der Waals surface area contributed by atoms with Gasteiger partial charge in [-0.25, -0.2) is 4.79 Å². The number of hydrogen-bond donors (Lipinski definition) is 1. The number of carbonyl (C=O) groups excluding carboxylic acids is 1. The van der Waals surface area contributed by atoms with E-state index >= 15 is 0 Å². The standard InChI is InChI=1S/C20H32O3/c1-2-3-4-5-6-7-8-9-10-13-16-19(21)17-14-11-12-15-18-20(22)23/h11-12,14-15,17-18H,2-10,13,16H2,1H3,(H,22,23). The number of ketones is 1. The molecule has 0 aliphatic carbocycles. The zero-order valence-electron chi connectivity index (χ0n) is 14.5. The Morgan fingerprint density at radius 3 is 1.70 bits per heavy atom. The van der Waals surface area contributed by atoms with Crippen molar-refractivity contribution in [2.45, 2.75) is 77.6 Å². The molecule has 23 heavy (non-hydrogen) atoms. The maximum atomic E-state index is 11.6. The molecule has 0 aromatic heterocycles. The molecular formula is C20H32O3. The molecule has 3 nitrogen and oxygen atoms in total. The zero-order valence-corrected chi connectivity index (χ0v) is 14.5. The molecule has 0 heterocycles. The largest absolute Gasteiger partial charge is 0.478 e. The molecule has 0 aliphatic rings. The predicted octanol–water partition coefficient (Wildman–Crippen LogP) is 5.62. The summed E-state index contributed by atoms with van der Waals surface area (Å²) in [6.07, 6.45) is 22.2. The summed E-state index contributed by atoms with van der Waals surface area (Å²) < 4.78 is 0. The summed E-state index contributed by atoms with van der Waals surface area (Å²) in [7, 11) is 0. The first-order valence-electron chi connectivity index (χ1n) is 8.94. The van der Waals surface area contributed by atoms with Crippen LogP contribution < -0.4 is 0 Å². The molecule has 0 aromatic rings. The molecule has 3 heteroatoms. The third kappa shape index (κ3) is 18.3. The molecule has 0 bridgehead atoms. The highest BCUT2D eigenvalue weighted by Crippen LogP contribution is 2.11. The van der Waals surface area contributed by atoms with Crippen LogP contribution in [0.25, 0.3) is 0 Å². The minimum absolute atomic E-state index is 0.136. The topological polar surface area (TPSA) is 54.4 Å². The number of carboxylic acid groups (broad SMARTS) is 1. The SMILES string of the molecule is CCCCCCCCCCCCC(=O)C=CC=CC=CC(=O)O. The highest BCUT2D eigenvalue weighted by Gasteiger charge is 1.97. The molecule has 0 spiro atoms. The molecule has 0 aromatic carbocycles. The summed E-state index contributed by atoms with van der Waals surface area (Å²) in [4.78, 5) is 21.8. The van der Waals surface area contributed by atoms with E-state index in [1.165, 1.54) is 57.4 Å². The number of unbranched alkanes of at least 4 members (excludes halogenated alkanes) is 9. The van der Waals surface area contributed by atoms with Gasteiger partial charge in [0.05, 0.1) is 0 Å². The second-order valence-electron chi connectivity index (χ2n) is 5.84. The van der Waals surface area contributed by atoms with Crippen LogP contribution in [-0.2, 0) is 9.59 Å². The van der Waals surface area contributed by atoms with Crippen LogP contribution in [0.3, 0.4) is 0 Å². The molecule has 0 fully saturated rings.